The van der Waals surface area contributed by atoms with Gasteiger partial charge in [0.25, 0.3) is 0 Å². The molecule has 0 aromatic carbocycles. The zero-order valence-electron chi connectivity index (χ0n) is 9.52. The van der Waals surface area contributed by atoms with Crippen LogP contribution in [0.2, 0.25) is 0 Å². The third-order valence-corrected chi connectivity index (χ3v) is 2.45. The van der Waals surface area contributed by atoms with E-state index in [1.54, 1.807) is 0 Å². The molecule has 1 heterocycles. The first-order chi connectivity index (χ1) is 7.33. The molecule has 84 valence electrons. The average molecular weight is 207 g/mol. The Morgan fingerprint density at radius 1 is 1.60 bits per heavy atom. The van der Waals surface area contributed by atoms with Gasteiger partial charge in [-0.3, -0.25) is 0 Å². The Labute approximate surface area is 92.2 Å². The van der Waals surface area contributed by atoms with Gasteiger partial charge in [0.15, 0.2) is 0 Å². The van der Waals surface area contributed by atoms with Crippen LogP contribution in [-0.4, -0.2) is 22.1 Å². The van der Waals surface area contributed by atoms with Crippen molar-refractivity contribution in [2.75, 3.05) is 6.54 Å². The van der Waals surface area contributed by atoms with Gasteiger partial charge in [-0.05, 0) is 32.7 Å². The van der Waals surface area contributed by atoms with Crippen LogP contribution < -0.4 is 5.32 Å². The molecule has 0 amide bonds. The van der Waals surface area contributed by atoms with Crippen LogP contribution in [0, 0.1) is 0 Å². The lowest BCUT2D eigenvalue weighted by Gasteiger charge is -2.12. The van der Waals surface area contributed by atoms with Crippen molar-refractivity contribution in [3.05, 3.63) is 31.4 Å². The molecule has 0 aliphatic heterocycles. The minimum atomic E-state index is 0.589. The number of hydrogen-bond acceptors (Lipinski definition) is 2. The highest BCUT2D eigenvalue weighted by Gasteiger charge is 1.98. The first-order valence-electron chi connectivity index (χ1n) is 5.63. The molecule has 0 aliphatic carbocycles. The molecule has 3 heteroatoms. The first kappa shape index (κ1) is 12.0. The predicted octanol–water partition coefficient (Wildman–Crippen LogP) is 2.22. The van der Waals surface area contributed by atoms with Crippen LogP contribution in [0.25, 0.3) is 0 Å². The Morgan fingerprint density at radius 2 is 2.47 bits per heavy atom. The highest BCUT2D eigenvalue weighted by molar-refractivity contribution is 4.74. The van der Waals surface area contributed by atoms with Gasteiger partial charge in [-0.25, -0.2) is 4.98 Å². The van der Waals surface area contributed by atoms with Crippen molar-refractivity contribution in [2.24, 2.45) is 0 Å². The summed E-state index contributed by atoms with van der Waals surface area (Å²) in [5.41, 5.74) is 0. The molecule has 3 nitrogen and oxygen atoms in total. The van der Waals surface area contributed by atoms with Gasteiger partial charge in [-0.2, -0.15) is 0 Å². The number of imidazole rings is 1. The van der Waals surface area contributed by atoms with Crippen molar-refractivity contribution in [2.45, 2.75) is 38.8 Å². The highest BCUT2D eigenvalue weighted by atomic mass is 15.0. The van der Waals surface area contributed by atoms with Gasteiger partial charge in [0.1, 0.15) is 0 Å². The summed E-state index contributed by atoms with van der Waals surface area (Å²) in [6.45, 7) is 8.06. The number of nitrogens with zero attached hydrogens (tertiary/aromatic N) is 2. The molecular formula is C12H21N3. The lowest BCUT2D eigenvalue weighted by Crippen LogP contribution is -2.27. The Hall–Kier alpha value is -1.09. The molecular weight excluding hydrogens is 186 g/mol. The van der Waals surface area contributed by atoms with E-state index in [1.807, 2.05) is 24.8 Å². The lowest BCUT2D eigenvalue weighted by atomic mass is 10.2. The summed E-state index contributed by atoms with van der Waals surface area (Å²) < 4.78 is 2.11. The quantitative estimate of drug-likeness (QED) is 0.523. The molecule has 0 fully saturated rings. The molecule has 0 saturated carbocycles. The largest absolute Gasteiger partial charge is 0.337 e. The molecule has 0 bridgehead atoms. The van der Waals surface area contributed by atoms with Crippen LogP contribution >= 0.6 is 0 Å². The molecule has 0 radical (unpaired) electrons. The van der Waals surface area contributed by atoms with Gasteiger partial charge in [-0.15, -0.1) is 6.58 Å². The van der Waals surface area contributed by atoms with Gasteiger partial charge >= 0.3 is 0 Å². The number of aryl methyl sites for hydroxylation is 1. The second-order valence-corrected chi connectivity index (χ2v) is 3.88. The fraction of sp³-hybridized carbons (Fsp3) is 0.583. The topological polar surface area (TPSA) is 29.9 Å². The van der Waals surface area contributed by atoms with Gasteiger partial charge in [0.05, 0.1) is 6.33 Å². The maximum atomic E-state index is 4.01. The van der Waals surface area contributed by atoms with Crippen molar-refractivity contribution >= 4 is 0 Å². The molecule has 1 aromatic rings. The monoisotopic (exact) mass is 207 g/mol. The third kappa shape index (κ3) is 5.37. The predicted molar refractivity (Wildman–Crippen MR) is 63.7 cm³/mol. The third-order valence-electron chi connectivity index (χ3n) is 2.45. The van der Waals surface area contributed by atoms with Crippen LogP contribution in [0.3, 0.4) is 0 Å². The van der Waals surface area contributed by atoms with E-state index in [0.29, 0.717) is 6.04 Å². The fourth-order valence-electron chi connectivity index (χ4n) is 1.50. The molecule has 0 aliphatic rings. The van der Waals surface area contributed by atoms with Crippen LogP contribution in [-0.2, 0) is 6.54 Å². The molecule has 1 rings (SSSR count). The summed E-state index contributed by atoms with van der Waals surface area (Å²) >= 11 is 0. The number of aromatic nitrogens is 2. The first-order valence-corrected chi connectivity index (χ1v) is 5.63. The van der Waals surface area contributed by atoms with E-state index in [9.17, 15) is 0 Å². The maximum absolute atomic E-state index is 4.01. The van der Waals surface area contributed by atoms with Crippen LogP contribution in [0.4, 0.5) is 0 Å². The number of rotatable bonds is 8. The summed E-state index contributed by atoms with van der Waals surface area (Å²) in [7, 11) is 0. The number of allylic oxidation sites excluding steroid dienone is 1. The Balaban J connectivity index is 1.99. The fourth-order valence-corrected chi connectivity index (χ4v) is 1.50. The number of hydrogen-bond donors (Lipinski definition) is 1. The standard InChI is InChI=1S/C12H21N3/c1-3-4-6-12(2)14-7-5-9-15-10-8-13-11-15/h3,8,10-12,14H,1,4-7,9H2,2H3. The van der Waals surface area contributed by atoms with Crippen molar-refractivity contribution in [1.29, 1.82) is 0 Å². The Morgan fingerprint density at radius 3 is 3.13 bits per heavy atom. The molecule has 1 N–H and O–H groups in total. The molecule has 1 unspecified atom stereocenters. The van der Waals surface area contributed by atoms with E-state index in [2.05, 4.69) is 28.4 Å². The number of nitrogens with one attached hydrogen (secondary N) is 1. The van der Waals surface area contributed by atoms with Crippen molar-refractivity contribution in [3.8, 4) is 0 Å². The second kappa shape index (κ2) is 7.23. The van der Waals surface area contributed by atoms with Crippen molar-refractivity contribution < 1.29 is 0 Å². The zero-order valence-corrected chi connectivity index (χ0v) is 9.52. The smallest absolute Gasteiger partial charge is 0.0945 e. The van der Waals surface area contributed by atoms with Crippen molar-refractivity contribution in [3.63, 3.8) is 0 Å². The van der Waals surface area contributed by atoms with E-state index < -0.39 is 0 Å². The maximum Gasteiger partial charge on any atom is 0.0945 e. The van der Waals surface area contributed by atoms with Gasteiger partial charge in [0, 0.05) is 25.0 Å². The van der Waals surface area contributed by atoms with Crippen molar-refractivity contribution in [1.82, 2.24) is 14.9 Å². The molecule has 0 saturated heterocycles. The highest BCUT2D eigenvalue weighted by Crippen LogP contribution is 1.97. The van der Waals surface area contributed by atoms with Crippen LogP contribution in [0.5, 0.6) is 0 Å². The molecule has 1 atom stereocenters. The van der Waals surface area contributed by atoms with Crippen LogP contribution in [0.15, 0.2) is 31.4 Å². The Kier molecular flexibility index (Phi) is 5.78. The normalized spacial score (nSPS) is 12.6. The zero-order chi connectivity index (χ0) is 10.9. The van der Waals surface area contributed by atoms with Gasteiger partial charge in [0.2, 0.25) is 0 Å². The minimum absolute atomic E-state index is 0.589. The summed E-state index contributed by atoms with van der Waals surface area (Å²) in [6.07, 6.45) is 11.1. The van der Waals surface area contributed by atoms with Gasteiger partial charge in [-0.1, -0.05) is 6.08 Å². The molecule has 15 heavy (non-hydrogen) atoms. The lowest BCUT2D eigenvalue weighted by molar-refractivity contribution is 0.492. The SMILES string of the molecule is C=CCCC(C)NCCCn1ccnc1. The summed E-state index contributed by atoms with van der Waals surface area (Å²) in [4.78, 5) is 4.01. The summed E-state index contributed by atoms with van der Waals surface area (Å²) in [5.74, 6) is 0. The van der Waals surface area contributed by atoms with E-state index in [4.69, 9.17) is 0 Å². The van der Waals surface area contributed by atoms with E-state index >= 15 is 0 Å². The Bertz CT molecular complexity index is 254. The molecule has 0 spiro atoms. The summed E-state index contributed by atoms with van der Waals surface area (Å²) in [5, 5.41) is 3.50. The second-order valence-electron chi connectivity index (χ2n) is 3.88. The van der Waals surface area contributed by atoms with Gasteiger partial charge < -0.3 is 9.88 Å². The van der Waals surface area contributed by atoms with E-state index in [0.717, 1.165) is 25.9 Å². The van der Waals surface area contributed by atoms with E-state index in [1.165, 1.54) is 6.42 Å². The van der Waals surface area contributed by atoms with E-state index in [-0.39, 0.29) is 0 Å². The average Bonchev–Trinajstić information content (AvgIpc) is 2.74. The summed E-state index contributed by atoms with van der Waals surface area (Å²) in [6, 6.07) is 0.589. The minimum Gasteiger partial charge on any atom is -0.337 e. The molecule has 1 aromatic heterocycles. The van der Waals surface area contributed by atoms with Crippen LogP contribution in [0.1, 0.15) is 26.2 Å².